The molecule has 1 amide bonds. The standard InChI is InChI=1S/C25H25N7O/c1-15-11-31-14-18(4-6-21(31)20(15)10-26)30-25(33)19-5-7-22(24-23(19)27-8-9-28-24)32-12-16(2)29-17(3)13-32/h4-9,11,14,16-17,29H,12-13H2,1-3H3,(H,30,33)/t16-,17-/m0/s1. The molecule has 1 aliphatic heterocycles. The Hall–Kier alpha value is -3.96. The lowest BCUT2D eigenvalue weighted by Gasteiger charge is -2.38. The lowest BCUT2D eigenvalue weighted by atomic mass is 10.1. The maximum atomic E-state index is 13.2. The van der Waals surface area contributed by atoms with Crippen LogP contribution in [0.1, 0.15) is 35.3 Å². The summed E-state index contributed by atoms with van der Waals surface area (Å²) in [6, 6.07) is 10.4. The average molecular weight is 440 g/mol. The van der Waals surface area contributed by atoms with Gasteiger partial charge in [0, 0.05) is 50.0 Å². The fourth-order valence-electron chi connectivity index (χ4n) is 4.73. The van der Waals surface area contributed by atoms with Crippen molar-refractivity contribution in [2.24, 2.45) is 0 Å². The summed E-state index contributed by atoms with van der Waals surface area (Å²) < 4.78 is 1.86. The van der Waals surface area contributed by atoms with E-state index in [2.05, 4.69) is 45.4 Å². The van der Waals surface area contributed by atoms with Gasteiger partial charge in [-0.05, 0) is 50.6 Å². The highest BCUT2D eigenvalue weighted by atomic mass is 16.1. The van der Waals surface area contributed by atoms with Gasteiger partial charge in [0.25, 0.3) is 5.91 Å². The fourth-order valence-corrected chi connectivity index (χ4v) is 4.73. The minimum absolute atomic E-state index is 0.252. The van der Waals surface area contributed by atoms with E-state index in [0.29, 0.717) is 34.4 Å². The summed E-state index contributed by atoms with van der Waals surface area (Å²) in [5.41, 5.74) is 5.75. The first-order valence-corrected chi connectivity index (χ1v) is 11.0. The summed E-state index contributed by atoms with van der Waals surface area (Å²) in [7, 11) is 0. The van der Waals surface area contributed by atoms with Gasteiger partial charge < -0.3 is 19.9 Å². The van der Waals surface area contributed by atoms with Crippen LogP contribution < -0.4 is 15.5 Å². The Morgan fingerprint density at radius 1 is 1.09 bits per heavy atom. The van der Waals surface area contributed by atoms with E-state index in [1.54, 1.807) is 18.5 Å². The van der Waals surface area contributed by atoms with Crippen LogP contribution in [0.2, 0.25) is 0 Å². The second kappa shape index (κ2) is 8.19. The van der Waals surface area contributed by atoms with Crippen LogP contribution in [-0.2, 0) is 0 Å². The van der Waals surface area contributed by atoms with E-state index in [4.69, 9.17) is 0 Å². The third-order valence-electron chi connectivity index (χ3n) is 6.08. The quantitative estimate of drug-likeness (QED) is 0.507. The van der Waals surface area contributed by atoms with Crippen molar-refractivity contribution >= 4 is 33.8 Å². The molecule has 8 heteroatoms. The maximum Gasteiger partial charge on any atom is 0.257 e. The highest BCUT2D eigenvalue weighted by Crippen LogP contribution is 2.29. The van der Waals surface area contributed by atoms with Crippen molar-refractivity contribution in [3.8, 4) is 6.07 Å². The molecule has 2 atom stereocenters. The number of fused-ring (bicyclic) bond motifs is 2. The van der Waals surface area contributed by atoms with Crippen molar-refractivity contribution in [2.75, 3.05) is 23.3 Å². The number of hydrogen-bond donors (Lipinski definition) is 2. The third kappa shape index (κ3) is 3.77. The highest BCUT2D eigenvalue weighted by Gasteiger charge is 2.24. The number of nitrogens with zero attached hydrogens (tertiary/aromatic N) is 5. The van der Waals surface area contributed by atoms with Gasteiger partial charge in [0.05, 0.1) is 28.0 Å². The molecule has 33 heavy (non-hydrogen) atoms. The van der Waals surface area contributed by atoms with Crippen molar-refractivity contribution in [2.45, 2.75) is 32.9 Å². The number of aromatic nitrogens is 3. The Kier molecular flexibility index (Phi) is 5.19. The van der Waals surface area contributed by atoms with Crippen LogP contribution in [0, 0.1) is 18.3 Å². The Morgan fingerprint density at radius 3 is 2.55 bits per heavy atom. The molecule has 1 aromatic carbocycles. The zero-order chi connectivity index (χ0) is 23.1. The molecule has 0 unspecified atom stereocenters. The topological polar surface area (TPSA) is 98.3 Å². The molecule has 0 radical (unpaired) electrons. The van der Waals surface area contributed by atoms with E-state index < -0.39 is 0 Å². The molecule has 0 saturated carbocycles. The first-order chi connectivity index (χ1) is 15.9. The van der Waals surface area contributed by atoms with E-state index >= 15 is 0 Å². The number of amides is 1. The highest BCUT2D eigenvalue weighted by molar-refractivity contribution is 6.13. The summed E-state index contributed by atoms with van der Waals surface area (Å²) in [6.45, 7) is 7.96. The Labute approximate surface area is 191 Å². The van der Waals surface area contributed by atoms with E-state index in [0.717, 1.165) is 35.4 Å². The zero-order valence-electron chi connectivity index (χ0n) is 18.8. The summed E-state index contributed by atoms with van der Waals surface area (Å²) in [6.07, 6.45) is 6.98. The molecule has 8 nitrogen and oxygen atoms in total. The van der Waals surface area contributed by atoms with Crippen LogP contribution in [0.25, 0.3) is 16.6 Å². The van der Waals surface area contributed by atoms with Gasteiger partial charge in [-0.15, -0.1) is 0 Å². The molecule has 5 rings (SSSR count). The zero-order valence-corrected chi connectivity index (χ0v) is 18.8. The van der Waals surface area contributed by atoms with Gasteiger partial charge >= 0.3 is 0 Å². The second-order valence-corrected chi connectivity index (χ2v) is 8.72. The molecule has 2 N–H and O–H groups in total. The molecule has 1 fully saturated rings. The Morgan fingerprint density at radius 2 is 1.82 bits per heavy atom. The minimum atomic E-state index is -0.252. The lowest BCUT2D eigenvalue weighted by molar-refractivity contribution is 0.102. The van der Waals surface area contributed by atoms with Crippen molar-refractivity contribution in [1.82, 2.24) is 19.7 Å². The molecule has 1 aliphatic rings. The first kappa shape index (κ1) is 20.9. The van der Waals surface area contributed by atoms with Gasteiger partial charge in [-0.25, -0.2) is 0 Å². The van der Waals surface area contributed by atoms with Gasteiger partial charge in [-0.1, -0.05) is 0 Å². The van der Waals surface area contributed by atoms with Crippen LogP contribution in [-0.4, -0.2) is 45.4 Å². The molecular formula is C25H25N7O. The van der Waals surface area contributed by atoms with Gasteiger partial charge in [0.2, 0.25) is 0 Å². The fraction of sp³-hybridized carbons (Fsp3) is 0.280. The molecule has 1 saturated heterocycles. The number of carbonyl (C=O) groups is 1. The van der Waals surface area contributed by atoms with Crippen LogP contribution >= 0.6 is 0 Å². The number of piperazine rings is 1. The number of aryl methyl sites for hydroxylation is 1. The Bertz CT molecular complexity index is 1410. The van der Waals surface area contributed by atoms with Gasteiger partial charge in [-0.2, -0.15) is 5.26 Å². The minimum Gasteiger partial charge on any atom is -0.367 e. The number of hydrogen-bond acceptors (Lipinski definition) is 6. The van der Waals surface area contributed by atoms with Crippen LogP contribution in [0.4, 0.5) is 11.4 Å². The van der Waals surface area contributed by atoms with Gasteiger partial charge in [0.15, 0.2) is 0 Å². The monoisotopic (exact) mass is 439 g/mol. The predicted molar refractivity (Wildman–Crippen MR) is 129 cm³/mol. The molecule has 0 spiro atoms. The van der Waals surface area contributed by atoms with Crippen molar-refractivity contribution in [3.05, 3.63) is 65.7 Å². The smallest absolute Gasteiger partial charge is 0.257 e. The number of benzene rings is 1. The summed E-state index contributed by atoms with van der Waals surface area (Å²) in [5, 5.41) is 15.9. The number of anilines is 2. The first-order valence-electron chi connectivity index (χ1n) is 11.0. The molecule has 166 valence electrons. The van der Waals surface area contributed by atoms with E-state index in [-0.39, 0.29) is 5.91 Å². The lowest BCUT2D eigenvalue weighted by Crippen LogP contribution is -2.54. The molecule has 3 aromatic heterocycles. The van der Waals surface area contributed by atoms with Crippen molar-refractivity contribution < 1.29 is 4.79 Å². The van der Waals surface area contributed by atoms with Gasteiger partial charge in [-0.3, -0.25) is 14.8 Å². The van der Waals surface area contributed by atoms with Crippen molar-refractivity contribution in [3.63, 3.8) is 0 Å². The van der Waals surface area contributed by atoms with E-state index in [9.17, 15) is 10.1 Å². The molecule has 0 bridgehead atoms. The van der Waals surface area contributed by atoms with Gasteiger partial charge in [0.1, 0.15) is 17.1 Å². The maximum absolute atomic E-state index is 13.2. The van der Waals surface area contributed by atoms with Crippen LogP contribution in [0.3, 0.4) is 0 Å². The molecular weight excluding hydrogens is 414 g/mol. The number of nitrogens with one attached hydrogen (secondary N) is 2. The normalized spacial score (nSPS) is 18.4. The summed E-state index contributed by atoms with van der Waals surface area (Å²) >= 11 is 0. The number of carbonyl (C=O) groups excluding carboxylic acids is 1. The average Bonchev–Trinajstić information content (AvgIpc) is 3.11. The van der Waals surface area contributed by atoms with E-state index in [1.165, 1.54) is 0 Å². The molecule has 0 aliphatic carbocycles. The second-order valence-electron chi connectivity index (χ2n) is 8.72. The predicted octanol–water partition coefficient (Wildman–Crippen LogP) is 3.50. The largest absolute Gasteiger partial charge is 0.367 e. The summed E-state index contributed by atoms with van der Waals surface area (Å²) in [5.74, 6) is -0.252. The SMILES string of the molecule is Cc1cn2cc(NC(=O)c3ccc(N4C[C@H](C)N[C@@H](C)C4)c4nccnc34)ccc2c1C#N. The third-order valence-corrected chi connectivity index (χ3v) is 6.08. The van der Waals surface area contributed by atoms with Crippen molar-refractivity contribution in [1.29, 1.82) is 5.26 Å². The summed E-state index contributed by atoms with van der Waals surface area (Å²) in [4.78, 5) is 24.6. The number of pyridine rings is 1. The molecule has 4 heterocycles. The van der Waals surface area contributed by atoms with Crippen LogP contribution in [0.15, 0.2) is 49.1 Å². The van der Waals surface area contributed by atoms with Crippen LogP contribution in [0.5, 0.6) is 0 Å². The number of nitriles is 1. The Balaban J connectivity index is 1.48. The molecule has 4 aromatic rings. The number of rotatable bonds is 3. The van der Waals surface area contributed by atoms with E-state index in [1.807, 2.05) is 41.9 Å².